The molecule has 2 N–H and O–H groups in total. The van der Waals surface area contributed by atoms with Crippen molar-refractivity contribution in [2.24, 2.45) is 0 Å². The van der Waals surface area contributed by atoms with Gasteiger partial charge in [0.2, 0.25) is 11.8 Å². The van der Waals surface area contributed by atoms with E-state index >= 15 is 0 Å². The number of nitrogens with zero attached hydrogens (tertiary/aromatic N) is 4. The van der Waals surface area contributed by atoms with Crippen LogP contribution in [0.25, 0.3) is 10.2 Å². The SMILES string of the molecule is CCN(CCCCC(S)C(=O)N(C)C)S(=O)(=O)NC(=O)NC(Cc1cc(F)cc(F)c1)C(=O)N(C)c1ccc2scnc2c1. The van der Waals surface area contributed by atoms with E-state index in [9.17, 15) is 31.6 Å². The van der Waals surface area contributed by atoms with E-state index in [1.165, 1.54) is 28.2 Å². The number of urea groups is 1. The molecule has 0 fully saturated rings. The summed E-state index contributed by atoms with van der Waals surface area (Å²) in [5.41, 5.74) is 2.85. The molecule has 1 heterocycles. The molecule has 0 aliphatic rings. The van der Waals surface area contributed by atoms with Gasteiger partial charge < -0.3 is 15.1 Å². The third-order valence-electron chi connectivity index (χ3n) is 6.77. The Labute approximate surface area is 265 Å². The van der Waals surface area contributed by atoms with Gasteiger partial charge >= 0.3 is 16.2 Å². The lowest BCUT2D eigenvalue weighted by Crippen LogP contribution is -2.54. The van der Waals surface area contributed by atoms with Gasteiger partial charge in [-0.25, -0.2) is 23.3 Å². The molecule has 11 nitrogen and oxygen atoms in total. The summed E-state index contributed by atoms with van der Waals surface area (Å²) in [6.45, 7) is 1.73. The van der Waals surface area contributed by atoms with Gasteiger partial charge in [0.15, 0.2) is 0 Å². The van der Waals surface area contributed by atoms with Crippen molar-refractivity contribution in [2.75, 3.05) is 39.1 Å². The normalized spacial score (nSPS) is 13.0. The number of amides is 4. The molecule has 2 atom stereocenters. The van der Waals surface area contributed by atoms with Crippen LogP contribution in [-0.4, -0.2) is 86.0 Å². The van der Waals surface area contributed by atoms with Crippen molar-refractivity contribution in [1.82, 2.24) is 24.2 Å². The number of nitrogens with one attached hydrogen (secondary N) is 2. The summed E-state index contributed by atoms with van der Waals surface area (Å²) < 4.78 is 57.8. The number of likely N-dealkylation sites (N-methyl/N-ethyl adjacent to an activating group) is 1. The van der Waals surface area contributed by atoms with Crippen LogP contribution in [0.4, 0.5) is 19.3 Å². The average molecular weight is 671 g/mol. The maximum atomic E-state index is 13.9. The van der Waals surface area contributed by atoms with Gasteiger partial charge in [0.05, 0.1) is 21.0 Å². The molecule has 16 heteroatoms. The number of aromatic nitrogens is 1. The summed E-state index contributed by atoms with van der Waals surface area (Å²) in [5.74, 6) is -2.53. The smallest absolute Gasteiger partial charge is 0.330 e. The fraction of sp³-hybridized carbons (Fsp3) is 0.429. The highest BCUT2D eigenvalue weighted by Gasteiger charge is 2.29. The summed E-state index contributed by atoms with van der Waals surface area (Å²) in [4.78, 5) is 45.5. The molecule has 0 aliphatic heterocycles. The number of carbonyl (C=O) groups excluding carboxylic acids is 3. The van der Waals surface area contributed by atoms with Crippen LogP contribution in [0.3, 0.4) is 0 Å². The number of thiazole rings is 1. The van der Waals surface area contributed by atoms with Crippen LogP contribution >= 0.6 is 24.0 Å². The molecule has 3 aromatic rings. The zero-order valence-corrected chi connectivity index (χ0v) is 27.3. The molecule has 3 rings (SSSR count). The van der Waals surface area contributed by atoms with Crippen molar-refractivity contribution in [2.45, 2.75) is 43.9 Å². The third kappa shape index (κ3) is 9.58. The summed E-state index contributed by atoms with van der Waals surface area (Å²) in [5, 5.41) is 1.86. The number of unbranched alkanes of at least 4 members (excludes halogenated alkanes) is 1. The highest BCUT2D eigenvalue weighted by molar-refractivity contribution is 7.87. The van der Waals surface area contributed by atoms with Crippen molar-refractivity contribution in [3.8, 4) is 0 Å². The third-order valence-corrected chi connectivity index (χ3v) is 9.63. The van der Waals surface area contributed by atoms with Gasteiger partial charge in [-0.15, -0.1) is 11.3 Å². The first-order valence-electron chi connectivity index (χ1n) is 13.7. The van der Waals surface area contributed by atoms with Crippen molar-refractivity contribution >= 4 is 67.9 Å². The first kappa shape index (κ1) is 35.1. The van der Waals surface area contributed by atoms with E-state index in [1.807, 2.05) is 4.72 Å². The Morgan fingerprint density at radius 3 is 2.34 bits per heavy atom. The number of hydrogen-bond acceptors (Lipinski definition) is 8. The van der Waals surface area contributed by atoms with Crippen molar-refractivity contribution in [3.05, 3.63) is 59.1 Å². The number of halogens is 2. The number of hydrogen-bond donors (Lipinski definition) is 3. The fourth-order valence-corrected chi connectivity index (χ4v) is 6.65. The Morgan fingerprint density at radius 2 is 1.70 bits per heavy atom. The van der Waals surface area contributed by atoms with Gasteiger partial charge in [-0.05, 0) is 48.7 Å². The van der Waals surface area contributed by atoms with Crippen molar-refractivity contribution in [3.63, 3.8) is 0 Å². The van der Waals surface area contributed by atoms with Gasteiger partial charge in [0, 0.05) is 52.4 Å². The van der Waals surface area contributed by atoms with Crippen LogP contribution in [0.15, 0.2) is 41.9 Å². The summed E-state index contributed by atoms with van der Waals surface area (Å²) in [7, 11) is 0.392. The Hall–Kier alpha value is -3.34. The Morgan fingerprint density at radius 1 is 1.02 bits per heavy atom. The quantitative estimate of drug-likeness (QED) is 0.178. The second kappa shape index (κ2) is 15.6. The van der Waals surface area contributed by atoms with Crippen molar-refractivity contribution in [1.29, 1.82) is 0 Å². The van der Waals surface area contributed by atoms with Gasteiger partial charge in [0.1, 0.15) is 17.7 Å². The molecule has 0 bridgehead atoms. The number of fused-ring (bicyclic) bond motifs is 1. The van der Waals surface area contributed by atoms with Gasteiger partial charge in [-0.3, -0.25) is 9.59 Å². The van der Waals surface area contributed by atoms with E-state index in [0.29, 0.717) is 36.5 Å². The van der Waals surface area contributed by atoms with Crippen LogP contribution in [-0.2, 0) is 26.2 Å². The molecular weight excluding hydrogens is 635 g/mol. The van der Waals surface area contributed by atoms with E-state index in [1.54, 1.807) is 44.7 Å². The van der Waals surface area contributed by atoms with Crippen LogP contribution in [0.2, 0.25) is 0 Å². The largest absolute Gasteiger partial charge is 0.348 e. The van der Waals surface area contributed by atoms with Crippen LogP contribution < -0.4 is 14.9 Å². The minimum atomic E-state index is -4.33. The Kier molecular flexibility index (Phi) is 12.5. The van der Waals surface area contributed by atoms with E-state index in [-0.39, 0.29) is 31.0 Å². The molecule has 0 aliphatic carbocycles. The molecule has 0 saturated heterocycles. The number of carbonyl (C=O) groups is 3. The highest BCUT2D eigenvalue weighted by atomic mass is 32.2. The number of thiol groups is 1. The van der Waals surface area contributed by atoms with Crippen LogP contribution in [0, 0.1) is 11.6 Å². The minimum absolute atomic E-state index is 0.0519. The van der Waals surface area contributed by atoms with E-state index < -0.39 is 45.1 Å². The average Bonchev–Trinajstić information content (AvgIpc) is 3.42. The first-order valence-corrected chi connectivity index (χ1v) is 16.6. The van der Waals surface area contributed by atoms with Crippen LogP contribution in [0.1, 0.15) is 31.7 Å². The summed E-state index contributed by atoms with van der Waals surface area (Å²) in [6, 6.07) is 5.31. The molecule has 240 valence electrons. The lowest BCUT2D eigenvalue weighted by molar-refractivity contribution is -0.128. The molecule has 2 aromatic carbocycles. The topological polar surface area (TPSA) is 132 Å². The van der Waals surface area contributed by atoms with Crippen LogP contribution in [0.5, 0.6) is 0 Å². The number of benzene rings is 2. The van der Waals surface area contributed by atoms with E-state index in [4.69, 9.17) is 0 Å². The number of rotatable bonds is 14. The van der Waals surface area contributed by atoms with E-state index in [0.717, 1.165) is 21.1 Å². The highest BCUT2D eigenvalue weighted by Crippen LogP contribution is 2.24. The van der Waals surface area contributed by atoms with Gasteiger partial charge in [0.25, 0.3) is 0 Å². The molecule has 0 spiro atoms. The maximum absolute atomic E-state index is 13.9. The second-order valence-corrected chi connectivity index (χ2v) is 13.4. The predicted octanol–water partition coefficient (Wildman–Crippen LogP) is 3.57. The Bertz CT molecular complexity index is 1570. The lowest BCUT2D eigenvalue weighted by atomic mass is 10.0. The molecule has 1 aromatic heterocycles. The minimum Gasteiger partial charge on any atom is -0.348 e. The summed E-state index contributed by atoms with van der Waals surface area (Å²) in [6.07, 6.45) is 1.05. The van der Waals surface area contributed by atoms with Gasteiger partial charge in [-0.1, -0.05) is 13.3 Å². The van der Waals surface area contributed by atoms with E-state index in [2.05, 4.69) is 22.9 Å². The second-order valence-electron chi connectivity index (χ2n) is 10.3. The monoisotopic (exact) mass is 670 g/mol. The first-order chi connectivity index (χ1) is 20.7. The van der Waals surface area contributed by atoms with Gasteiger partial charge in [-0.2, -0.15) is 25.4 Å². The molecule has 0 saturated carbocycles. The standard InChI is InChI=1S/C28H36F2N6O5S3/c1-5-36(11-7-6-8-24(42)27(38)34(2)3)44(40,41)33-28(39)32-23(14-18-12-19(29)15-20(30)13-18)26(37)35(4)21-9-10-25-22(16-21)31-17-43-25/h9-10,12-13,15-17,23-24,42H,5-8,11,14H2,1-4H3,(H2,32,33,39). The Balaban J connectivity index is 1.72. The molecule has 44 heavy (non-hydrogen) atoms. The molecule has 4 amide bonds. The predicted molar refractivity (Wildman–Crippen MR) is 170 cm³/mol. The lowest BCUT2D eigenvalue weighted by Gasteiger charge is -2.26. The zero-order valence-electron chi connectivity index (χ0n) is 24.8. The molecule has 0 radical (unpaired) electrons. The number of anilines is 1. The summed E-state index contributed by atoms with van der Waals surface area (Å²) >= 11 is 5.72. The maximum Gasteiger partial charge on any atom is 0.330 e. The fourth-order valence-electron chi connectivity index (χ4n) is 4.45. The molecule has 2 unspecified atom stereocenters. The zero-order chi connectivity index (χ0) is 32.6. The van der Waals surface area contributed by atoms with Crippen molar-refractivity contribution < 1.29 is 31.6 Å². The molecular formula is C28H36F2N6O5S3.